The normalized spacial score (nSPS) is 20.3. The zero-order valence-electron chi connectivity index (χ0n) is 12.9. The Hall–Kier alpha value is -1.62. The summed E-state index contributed by atoms with van der Waals surface area (Å²) in [6.45, 7) is 3.58. The molecule has 1 N–H and O–H groups in total. The van der Waals surface area contributed by atoms with Gasteiger partial charge < -0.3 is 10.2 Å². The van der Waals surface area contributed by atoms with Crippen LogP contribution in [-0.2, 0) is 4.79 Å². The largest absolute Gasteiger partial charge is 0.367 e. The van der Waals surface area contributed by atoms with Crippen molar-refractivity contribution in [3.8, 4) is 0 Å². The number of benzene rings is 1. The lowest BCUT2D eigenvalue weighted by Gasteiger charge is -2.36. The Kier molecular flexibility index (Phi) is 4.93. The number of hydrogen-bond acceptors (Lipinski definition) is 3. The van der Waals surface area contributed by atoms with Crippen molar-refractivity contribution >= 4 is 11.6 Å². The molecule has 0 radical (unpaired) electrons. The standard InChI is InChI=1S/C17H24FN3O/c18-15-7-3-4-8-16(15)21-11-9-20(10-12-21)13-17(22)19-14-5-1-2-6-14/h3-4,7-8,14H,1-2,5-6,9-13H2,(H,19,22). The van der Waals surface area contributed by atoms with E-state index in [0.717, 1.165) is 39.0 Å². The topological polar surface area (TPSA) is 35.6 Å². The fourth-order valence-electron chi connectivity index (χ4n) is 3.40. The Morgan fingerprint density at radius 3 is 2.50 bits per heavy atom. The Labute approximate surface area is 131 Å². The molecule has 1 aromatic rings. The zero-order valence-corrected chi connectivity index (χ0v) is 12.9. The Morgan fingerprint density at radius 1 is 1.14 bits per heavy atom. The molecule has 0 atom stereocenters. The molecule has 1 aliphatic carbocycles. The molecule has 4 nitrogen and oxygen atoms in total. The Balaban J connectivity index is 1.45. The number of nitrogens with one attached hydrogen (secondary N) is 1. The minimum atomic E-state index is -0.171. The SMILES string of the molecule is O=C(CN1CCN(c2ccccc2F)CC1)NC1CCCC1. The van der Waals surface area contributed by atoms with E-state index in [1.54, 1.807) is 6.07 Å². The number of para-hydroxylation sites is 1. The van der Waals surface area contributed by atoms with Gasteiger partial charge >= 0.3 is 0 Å². The van der Waals surface area contributed by atoms with Crippen molar-refractivity contribution in [1.29, 1.82) is 0 Å². The summed E-state index contributed by atoms with van der Waals surface area (Å²) >= 11 is 0. The predicted octanol–water partition coefficient (Wildman–Crippen LogP) is 2.01. The molecule has 1 saturated heterocycles. The number of anilines is 1. The highest BCUT2D eigenvalue weighted by molar-refractivity contribution is 5.78. The van der Waals surface area contributed by atoms with Gasteiger partial charge in [0.1, 0.15) is 5.82 Å². The highest BCUT2D eigenvalue weighted by Crippen LogP contribution is 2.20. The molecule has 3 rings (SSSR count). The fraction of sp³-hybridized carbons (Fsp3) is 0.588. The van der Waals surface area contributed by atoms with Crippen LogP contribution in [0.3, 0.4) is 0 Å². The van der Waals surface area contributed by atoms with Gasteiger partial charge in [0.05, 0.1) is 12.2 Å². The second-order valence-electron chi connectivity index (χ2n) is 6.26. The van der Waals surface area contributed by atoms with Crippen molar-refractivity contribution in [3.63, 3.8) is 0 Å². The van der Waals surface area contributed by atoms with Gasteiger partial charge in [0.25, 0.3) is 0 Å². The Morgan fingerprint density at radius 2 is 1.82 bits per heavy atom. The lowest BCUT2D eigenvalue weighted by atomic mass is 10.2. The quantitative estimate of drug-likeness (QED) is 0.924. The summed E-state index contributed by atoms with van der Waals surface area (Å²) in [5.41, 5.74) is 0.664. The van der Waals surface area contributed by atoms with Gasteiger partial charge in [-0.3, -0.25) is 9.69 Å². The molecule has 1 saturated carbocycles. The third-order valence-electron chi connectivity index (χ3n) is 4.65. The first-order chi connectivity index (χ1) is 10.7. The first kappa shape index (κ1) is 15.3. The molecule has 22 heavy (non-hydrogen) atoms. The summed E-state index contributed by atoms with van der Waals surface area (Å²) in [5, 5.41) is 3.12. The first-order valence-corrected chi connectivity index (χ1v) is 8.23. The van der Waals surface area contributed by atoms with E-state index in [4.69, 9.17) is 0 Å². The monoisotopic (exact) mass is 305 g/mol. The zero-order chi connectivity index (χ0) is 15.4. The smallest absolute Gasteiger partial charge is 0.234 e. The lowest BCUT2D eigenvalue weighted by Crippen LogP contribution is -2.50. The van der Waals surface area contributed by atoms with Gasteiger partial charge in [-0.2, -0.15) is 0 Å². The number of piperazine rings is 1. The fourth-order valence-corrected chi connectivity index (χ4v) is 3.40. The molecule has 5 heteroatoms. The molecule has 1 aromatic carbocycles. The maximum Gasteiger partial charge on any atom is 0.234 e. The number of hydrogen-bond donors (Lipinski definition) is 1. The number of amides is 1. The molecular formula is C17H24FN3O. The van der Waals surface area contributed by atoms with E-state index in [2.05, 4.69) is 15.1 Å². The summed E-state index contributed by atoms with van der Waals surface area (Å²) < 4.78 is 13.8. The predicted molar refractivity (Wildman–Crippen MR) is 85.5 cm³/mol. The molecule has 0 unspecified atom stereocenters. The number of rotatable bonds is 4. The molecule has 2 fully saturated rings. The van der Waals surface area contributed by atoms with Crippen LogP contribution in [0.1, 0.15) is 25.7 Å². The van der Waals surface area contributed by atoms with Crippen LogP contribution in [0.2, 0.25) is 0 Å². The molecular weight excluding hydrogens is 281 g/mol. The minimum Gasteiger partial charge on any atom is -0.367 e. The van der Waals surface area contributed by atoms with Crippen LogP contribution in [0.15, 0.2) is 24.3 Å². The molecule has 0 bridgehead atoms. The van der Waals surface area contributed by atoms with Gasteiger partial charge in [-0.1, -0.05) is 25.0 Å². The first-order valence-electron chi connectivity index (χ1n) is 8.23. The summed E-state index contributed by atoms with van der Waals surface area (Å²) in [6.07, 6.45) is 4.69. The minimum absolute atomic E-state index is 0.131. The molecule has 1 aliphatic heterocycles. The van der Waals surface area contributed by atoms with Crippen LogP contribution in [0.25, 0.3) is 0 Å². The van der Waals surface area contributed by atoms with E-state index in [1.807, 2.05) is 12.1 Å². The van der Waals surface area contributed by atoms with Crippen LogP contribution in [0.4, 0.5) is 10.1 Å². The van der Waals surface area contributed by atoms with Gasteiger partial charge in [0.2, 0.25) is 5.91 Å². The van der Waals surface area contributed by atoms with E-state index in [9.17, 15) is 9.18 Å². The molecule has 1 heterocycles. The maximum atomic E-state index is 13.8. The van der Waals surface area contributed by atoms with Gasteiger partial charge in [-0.05, 0) is 25.0 Å². The third kappa shape index (κ3) is 3.77. The third-order valence-corrected chi connectivity index (χ3v) is 4.65. The summed E-state index contributed by atoms with van der Waals surface area (Å²) in [4.78, 5) is 16.3. The van der Waals surface area contributed by atoms with Crippen LogP contribution >= 0.6 is 0 Å². The number of halogens is 1. The van der Waals surface area contributed by atoms with Crippen LogP contribution in [0.5, 0.6) is 0 Å². The van der Waals surface area contributed by atoms with Crippen molar-refractivity contribution in [2.75, 3.05) is 37.6 Å². The van der Waals surface area contributed by atoms with E-state index < -0.39 is 0 Å². The summed E-state index contributed by atoms with van der Waals surface area (Å²) in [5.74, 6) is -0.0406. The van der Waals surface area contributed by atoms with Crippen molar-refractivity contribution < 1.29 is 9.18 Å². The molecule has 120 valence electrons. The average Bonchev–Trinajstić information content (AvgIpc) is 3.01. The van der Waals surface area contributed by atoms with E-state index >= 15 is 0 Å². The summed E-state index contributed by atoms with van der Waals surface area (Å²) in [6, 6.07) is 7.27. The van der Waals surface area contributed by atoms with Crippen molar-refractivity contribution in [2.45, 2.75) is 31.7 Å². The lowest BCUT2D eigenvalue weighted by molar-refractivity contribution is -0.123. The van der Waals surface area contributed by atoms with Gasteiger partial charge in [-0.25, -0.2) is 4.39 Å². The second-order valence-corrected chi connectivity index (χ2v) is 6.26. The van der Waals surface area contributed by atoms with Crippen molar-refractivity contribution in [2.24, 2.45) is 0 Å². The van der Waals surface area contributed by atoms with E-state index in [-0.39, 0.29) is 11.7 Å². The maximum absolute atomic E-state index is 13.8. The molecule has 0 spiro atoms. The summed E-state index contributed by atoms with van der Waals surface area (Å²) in [7, 11) is 0. The second kappa shape index (κ2) is 7.09. The number of carbonyl (C=O) groups excluding carboxylic acids is 1. The molecule has 0 aromatic heterocycles. The number of nitrogens with zero attached hydrogens (tertiary/aromatic N) is 2. The number of carbonyl (C=O) groups is 1. The van der Waals surface area contributed by atoms with Crippen molar-refractivity contribution in [1.82, 2.24) is 10.2 Å². The molecule has 1 amide bonds. The van der Waals surface area contributed by atoms with Gasteiger partial charge in [0.15, 0.2) is 0 Å². The van der Waals surface area contributed by atoms with Gasteiger partial charge in [0, 0.05) is 32.2 Å². The average molecular weight is 305 g/mol. The molecule has 2 aliphatic rings. The highest BCUT2D eigenvalue weighted by Gasteiger charge is 2.22. The van der Waals surface area contributed by atoms with Crippen LogP contribution in [0, 0.1) is 5.82 Å². The Bertz CT molecular complexity index is 508. The van der Waals surface area contributed by atoms with E-state index in [1.165, 1.54) is 18.9 Å². The highest BCUT2D eigenvalue weighted by atomic mass is 19.1. The van der Waals surface area contributed by atoms with Crippen LogP contribution < -0.4 is 10.2 Å². The van der Waals surface area contributed by atoms with E-state index in [0.29, 0.717) is 18.3 Å². The van der Waals surface area contributed by atoms with Gasteiger partial charge in [-0.15, -0.1) is 0 Å². The van der Waals surface area contributed by atoms with Crippen LogP contribution in [-0.4, -0.2) is 49.6 Å². The van der Waals surface area contributed by atoms with Crippen molar-refractivity contribution in [3.05, 3.63) is 30.1 Å².